The molecule has 1 heterocycles. The highest BCUT2D eigenvalue weighted by molar-refractivity contribution is 5.74. The molecule has 5 heteroatoms. The summed E-state index contributed by atoms with van der Waals surface area (Å²) in [7, 11) is 0. The van der Waals surface area contributed by atoms with Crippen LogP contribution in [-0.4, -0.2) is 41.6 Å². The SMILES string of the molecule is CCC1CCN(C(=O)NCCC(C)C(=O)O)CC1. The maximum absolute atomic E-state index is 11.8. The molecule has 0 saturated carbocycles. The zero-order valence-electron chi connectivity index (χ0n) is 11.3. The first-order valence-corrected chi connectivity index (χ1v) is 6.80. The molecule has 0 spiro atoms. The molecule has 0 radical (unpaired) electrons. The van der Waals surface area contributed by atoms with Crippen molar-refractivity contribution in [1.29, 1.82) is 0 Å². The highest BCUT2D eigenvalue weighted by Crippen LogP contribution is 2.19. The molecule has 5 nitrogen and oxygen atoms in total. The van der Waals surface area contributed by atoms with Gasteiger partial charge in [0, 0.05) is 19.6 Å². The van der Waals surface area contributed by atoms with E-state index in [-0.39, 0.29) is 6.03 Å². The Morgan fingerprint density at radius 2 is 2.00 bits per heavy atom. The second-order valence-electron chi connectivity index (χ2n) is 5.10. The second-order valence-corrected chi connectivity index (χ2v) is 5.10. The number of carbonyl (C=O) groups excluding carboxylic acids is 1. The van der Waals surface area contributed by atoms with Crippen LogP contribution in [0, 0.1) is 11.8 Å². The highest BCUT2D eigenvalue weighted by Gasteiger charge is 2.21. The lowest BCUT2D eigenvalue weighted by molar-refractivity contribution is -0.141. The van der Waals surface area contributed by atoms with Crippen molar-refractivity contribution in [3.8, 4) is 0 Å². The van der Waals surface area contributed by atoms with Crippen LogP contribution in [0.4, 0.5) is 4.79 Å². The first-order chi connectivity index (χ1) is 8.54. The normalized spacial score (nSPS) is 18.4. The molecule has 2 N–H and O–H groups in total. The van der Waals surface area contributed by atoms with Crippen molar-refractivity contribution >= 4 is 12.0 Å². The minimum Gasteiger partial charge on any atom is -0.481 e. The van der Waals surface area contributed by atoms with Gasteiger partial charge in [-0.3, -0.25) is 4.79 Å². The first-order valence-electron chi connectivity index (χ1n) is 6.80. The molecule has 2 amide bonds. The van der Waals surface area contributed by atoms with E-state index in [0.717, 1.165) is 31.8 Å². The Balaban J connectivity index is 2.19. The van der Waals surface area contributed by atoms with Gasteiger partial charge in [-0.05, 0) is 25.2 Å². The lowest BCUT2D eigenvalue weighted by atomic mass is 9.95. The predicted molar refractivity (Wildman–Crippen MR) is 69.4 cm³/mol. The molecule has 18 heavy (non-hydrogen) atoms. The van der Waals surface area contributed by atoms with Gasteiger partial charge < -0.3 is 15.3 Å². The number of urea groups is 1. The van der Waals surface area contributed by atoms with Gasteiger partial charge in [0.1, 0.15) is 0 Å². The fraction of sp³-hybridized carbons (Fsp3) is 0.846. The average molecular weight is 256 g/mol. The first kappa shape index (κ1) is 14.8. The number of carbonyl (C=O) groups is 2. The summed E-state index contributed by atoms with van der Waals surface area (Å²) < 4.78 is 0. The van der Waals surface area contributed by atoms with Crippen molar-refractivity contribution in [3.63, 3.8) is 0 Å². The van der Waals surface area contributed by atoms with Crippen molar-refractivity contribution in [2.45, 2.75) is 39.5 Å². The standard InChI is InChI=1S/C13H24N2O3/c1-3-11-5-8-15(9-6-11)13(18)14-7-4-10(2)12(16)17/h10-11H,3-9H2,1-2H3,(H,14,18)(H,16,17). The Morgan fingerprint density at radius 3 is 2.50 bits per heavy atom. The topological polar surface area (TPSA) is 69.6 Å². The van der Waals surface area contributed by atoms with Gasteiger partial charge in [0.2, 0.25) is 0 Å². The van der Waals surface area contributed by atoms with Crippen LogP contribution in [0.2, 0.25) is 0 Å². The van der Waals surface area contributed by atoms with Crippen LogP contribution in [0.5, 0.6) is 0 Å². The van der Waals surface area contributed by atoms with E-state index in [0.29, 0.717) is 13.0 Å². The lowest BCUT2D eigenvalue weighted by Crippen LogP contribution is -2.44. The lowest BCUT2D eigenvalue weighted by Gasteiger charge is -2.31. The number of aliphatic carboxylic acids is 1. The third-order valence-corrected chi connectivity index (χ3v) is 3.75. The number of carboxylic acid groups (broad SMARTS) is 1. The van der Waals surface area contributed by atoms with Crippen LogP contribution in [0.25, 0.3) is 0 Å². The summed E-state index contributed by atoms with van der Waals surface area (Å²) in [5.74, 6) is -0.467. The molecule has 1 aliphatic heterocycles. The number of carboxylic acids is 1. The van der Waals surface area contributed by atoms with Gasteiger partial charge in [-0.15, -0.1) is 0 Å². The molecule has 0 aliphatic carbocycles. The number of amides is 2. The number of hydrogen-bond acceptors (Lipinski definition) is 2. The third-order valence-electron chi connectivity index (χ3n) is 3.75. The van der Waals surface area contributed by atoms with Crippen LogP contribution in [-0.2, 0) is 4.79 Å². The van der Waals surface area contributed by atoms with E-state index in [1.54, 1.807) is 6.92 Å². The fourth-order valence-corrected chi connectivity index (χ4v) is 2.18. The number of nitrogens with zero attached hydrogens (tertiary/aromatic N) is 1. The van der Waals surface area contributed by atoms with E-state index in [1.807, 2.05) is 4.90 Å². The zero-order valence-corrected chi connectivity index (χ0v) is 11.3. The number of likely N-dealkylation sites (tertiary alicyclic amines) is 1. The minimum atomic E-state index is -0.812. The maximum Gasteiger partial charge on any atom is 0.317 e. The van der Waals surface area contributed by atoms with Gasteiger partial charge >= 0.3 is 12.0 Å². The number of hydrogen-bond donors (Lipinski definition) is 2. The zero-order chi connectivity index (χ0) is 13.5. The molecule has 1 atom stereocenters. The molecule has 1 saturated heterocycles. The van der Waals surface area contributed by atoms with Crippen molar-refractivity contribution in [2.75, 3.05) is 19.6 Å². The molecule has 0 aromatic rings. The van der Waals surface area contributed by atoms with Crippen LogP contribution in [0.1, 0.15) is 39.5 Å². The predicted octanol–water partition coefficient (Wildman–Crippen LogP) is 1.93. The maximum atomic E-state index is 11.8. The van der Waals surface area contributed by atoms with E-state index >= 15 is 0 Å². The molecule has 0 bridgehead atoms. The van der Waals surface area contributed by atoms with Gasteiger partial charge in [-0.25, -0.2) is 4.79 Å². The summed E-state index contributed by atoms with van der Waals surface area (Å²) in [6.45, 7) is 5.91. The van der Waals surface area contributed by atoms with Gasteiger partial charge in [0.25, 0.3) is 0 Å². The van der Waals surface area contributed by atoms with E-state index in [1.165, 1.54) is 6.42 Å². The van der Waals surface area contributed by atoms with Gasteiger partial charge in [-0.1, -0.05) is 20.3 Å². The highest BCUT2D eigenvalue weighted by atomic mass is 16.4. The van der Waals surface area contributed by atoms with Gasteiger partial charge in [0.05, 0.1) is 5.92 Å². The van der Waals surface area contributed by atoms with Crippen molar-refractivity contribution in [2.24, 2.45) is 11.8 Å². The van der Waals surface area contributed by atoms with E-state index in [2.05, 4.69) is 12.2 Å². The van der Waals surface area contributed by atoms with Crippen LogP contribution >= 0.6 is 0 Å². The quantitative estimate of drug-likeness (QED) is 0.789. The molecule has 1 rings (SSSR count). The fourth-order valence-electron chi connectivity index (χ4n) is 2.18. The molecule has 104 valence electrons. The Bertz CT molecular complexity index is 286. The summed E-state index contributed by atoms with van der Waals surface area (Å²) in [5.41, 5.74) is 0. The third kappa shape index (κ3) is 4.55. The Morgan fingerprint density at radius 1 is 1.39 bits per heavy atom. The van der Waals surface area contributed by atoms with E-state index < -0.39 is 11.9 Å². The summed E-state index contributed by atoms with van der Waals surface area (Å²) in [6, 6.07) is -0.0536. The summed E-state index contributed by atoms with van der Waals surface area (Å²) in [6.07, 6.45) is 3.82. The van der Waals surface area contributed by atoms with Crippen LogP contribution < -0.4 is 5.32 Å². The molecule has 1 fully saturated rings. The molecule has 1 unspecified atom stereocenters. The summed E-state index contributed by atoms with van der Waals surface area (Å²) in [5, 5.41) is 11.5. The number of piperidine rings is 1. The van der Waals surface area contributed by atoms with Crippen molar-refractivity contribution in [3.05, 3.63) is 0 Å². The number of rotatable bonds is 5. The van der Waals surface area contributed by atoms with Crippen molar-refractivity contribution in [1.82, 2.24) is 10.2 Å². The van der Waals surface area contributed by atoms with E-state index in [9.17, 15) is 9.59 Å². The Hall–Kier alpha value is -1.26. The molecule has 0 aromatic carbocycles. The smallest absolute Gasteiger partial charge is 0.317 e. The monoisotopic (exact) mass is 256 g/mol. The minimum absolute atomic E-state index is 0.0536. The molecular formula is C13H24N2O3. The molecular weight excluding hydrogens is 232 g/mol. The average Bonchev–Trinajstić information content (AvgIpc) is 2.38. The Kier molecular flexibility index (Phi) is 5.95. The largest absolute Gasteiger partial charge is 0.481 e. The summed E-state index contributed by atoms with van der Waals surface area (Å²) >= 11 is 0. The molecule has 0 aromatic heterocycles. The Labute approximate surface area is 109 Å². The molecule has 1 aliphatic rings. The van der Waals surface area contributed by atoms with E-state index in [4.69, 9.17) is 5.11 Å². The summed E-state index contributed by atoms with van der Waals surface area (Å²) in [4.78, 5) is 24.3. The van der Waals surface area contributed by atoms with Gasteiger partial charge in [-0.2, -0.15) is 0 Å². The van der Waals surface area contributed by atoms with Gasteiger partial charge in [0.15, 0.2) is 0 Å². The number of nitrogens with one attached hydrogen (secondary N) is 1. The van der Waals surface area contributed by atoms with Crippen molar-refractivity contribution < 1.29 is 14.7 Å². The van der Waals surface area contributed by atoms with Crippen LogP contribution in [0.3, 0.4) is 0 Å². The van der Waals surface area contributed by atoms with Crippen LogP contribution in [0.15, 0.2) is 0 Å². The second kappa shape index (κ2) is 7.24.